The Labute approximate surface area is 94.9 Å². The van der Waals surface area contributed by atoms with Crippen molar-refractivity contribution in [2.45, 2.75) is 44.9 Å². The van der Waals surface area contributed by atoms with Gasteiger partial charge in [-0.25, -0.2) is 4.98 Å². The van der Waals surface area contributed by atoms with Crippen LogP contribution in [0.25, 0.3) is 0 Å². The molecule has 1 aliphatic carbocycles. The van der Waals surface area contributed by atoms with E-state index < -0.39 is 0 Å². The Bertz CT molecular complexity index is 305. The van der Waals surface area contributed by atoms with Gasteiger partial charge in [-0.3, -0.25) is 0 Å². The number of hydrogen-bond acceptors (Lipinski definition) is 4. The number of methoxy groups -OCH3 is 1. The highest BCUT2D eigenvalue weighted by Gasteiger charge is 2.20. The van der Waals surface area contributed by atoms with Crippen LogP contribution >= 0.6 is 11.3 Å². The fourth-order valence-electron chi connectivity index (χ4n) is 1.53. The fourth-order valence-corrected chi connectivity index (χ4v) is 2.56. The molecule has 0 radical (unpaired) electrons. The normalized spacial score (nSPS) is 18.0. The molecular formula is C11H18N2OS. The van der Waals surface area contributed by atoms with Crippen molar-refractivity contribution in [1.29, 1.82) is 0 Å². The number of rotatable bonds is 6. The second-order valence-electron chi connectivity index (χ2n) is 3.95. The van der Waals surface area contributed by atoms with Gasteiger partial charge in [0, 0.05) is 30.8 Å². The number of thiazole rings is 1. The zero-order valence-electron chi connectivity index (χ0n) is 9.32. The minimum atomic E-state index is 0.171. The van der Waals surface area contributed by atoms with Crippen LogP contribution in [0.5, 0.6) is 0 Å². The maximum atomic E-state index is 5.36. The average molecular weight is 226 g/mol. The molecule has 1 saturated carbocycles. The van der Waals surface area contributed by atoms with Gasteiger partial charge < -0.3 is 10.1 Å². The Balaban J connectivity index is 1.89. The predicted molar refractivity (Wildman–Crippen MR) is 62.0 cm³/mol. The zero-order chi connectivity index (χ0) is 10.7. The third kappa shape index (κ3) is 3.00. The summed E-state index contributed by atoms with van der Waals surface area (Å²) in [5, 5.41) is 4.60. The molecule has 1 aromatic heterocycles. The quantitative estimate of drug-likeness (QED) is 0.809. The lowest BCUT2D eigenvalue weighted by atomic mass is 10.3. The Morgan fingerprint density at radius 2 is 2.47 bits per heavy atom. The second kappa shape index (κ2) is 5.05. The van der Waals surface area contributed by atoms with Crippen LogP contribution in [0.3, 0.4) is 0 Å². The van der Waals surface area contributed by atoms with Crippen LogP contribution < -0.4 is 5.32 Å². The smallest absolute Gasteiger partial charge is 0.122 e. The van der Waals surface area contributed by atoms with Gasteiger partial charge in [0.15, 0.2) is 0 Å². The molecule has 0 aromatic carbocycles. The number of nitrogens with zero attached hydrogens (tertiary/aromatic N) is 1. The summed E-state index contributed by atoms with van der Waals surface area (Å²) in [4.78, 5) is 5.72. The molecule has 1 fully saturated rings. The van der Waals surface area contributed by atoms with Gasteiger partial charge in [-0.15, -0.1) is 11.3 Å². The van der Waals surface area contributed by atoms with E-state index >= 15 is 0 Å². The van der Waals surface area contributed by atoms with Crippen molar-refractivity contribution in [3.05, 3.63) is 16.1 Å². The first-order valence-electron chi connectivity index (χ1n) is 5.54. The molecule has 1 aromatic rings. The van der Waals surface area contributed by atoms with Gasteiger partial charge in [0.05, 0.1) is 0 Å². The van der Waals surface area contributed by atoms with E-state index in [0.29, 0.717) is 0 Å². The molecule has 4 heteroatoms. The van der Waals surface area contributed by atoms with Crippen LogP contribution in [0.1, 0.15) is 42.2 Å². The summed E-state index contributed by atoms with van der Waals surface area (Å²) < 4.78 is 5.36. The first-order valence-corrected chi connectivity index (χ1v) is 6.36. The highest BCUT2D eigenvalue weighted by Crippen LogP contribution is 2.26. The van der Waals surface area contributed by atoms with Crippen LogP contribution in [0.15, 0.2) is 6.20 Å². The minimum absolute atomic E-state index is 0.171. The highest BCUT2D eigenvalue weighted by molar-refractivity contribution is 7.11. The number of aromatic nitrogens is 1. The van der Waals surface area contributed by atoms with Crippen LogP contribution in [0.2, 0.25) is 0 Å². The molecule has 1 unspecified atom stereocenters. The highest BCUT2D eigenvalue weighted by atomic mass is 32.1. The molecule has 2 rings (SSSR count). The monoisotopic (exact) mass is 226 g/mol. The first kappa shape index (κ1) is 11.0. The van der Waals surface area contributed by atoms with Crippen molar-refractivity contribution in [3.63, 3.8) is 0 Å². The van der Waals surface area contributed by atoms with E-state index in [1.54, 1.807) is 18.4 Å². The van der Waals surface area contributed by atoms with E-state index in [1.807, 2.05) is 6.20 Å². The van der Waals surface area contributed by atoms with Gasteiger partial charge in [0.2, 0.25) is 0 Å². The number of nitrogens with one attached hydrogen (secondary N) is 1. The minimum Gasteiger partial charge on any atom is -0.374 e. The molecule has 1 aliphatic rings. The Morgan fingerprint density at radius 1 is 1.67 bits per heavy atom. The van der Waals surface area contributed by atoms with Gasteiger partial charge in [-0.2, -0.15) is 0 Å². The zero-order valence-corrected chi connectivity index (χ0v) is 10.1. The molecule has 0 amide bonds. The molecule has 15 heavy (non-hydrogen) atoms. The summed E-state index contributed by atoms with van der Waals surface area (Å²) in [6.45, 7) is 3.08. The lowest BCUT2D eigenvalue weighted by Crippen LogP contribution is -2.14. The average Bonchev–Trinajstić information content (AvgIpc) is 2.97. The third-order valence-electron chi connectivity index (χ3n) is 2.64. The summed E-state index contributed by atoms with van der Waals surface area (Å²) in [5.74, 6) is 0. The maximum absolute atomic E-state index is 5.36. The molecule has 0 saturated heterocycles. The molecule has 3 nitrogen and oxygen atoms in total. The Morgan fingerprint density at radius 3 is 3.07 bits per heavy atom. The number of ether oxygens (including phenoxy) is 1. The number of hydrogen-bond donors (Lipinski definition) is 1. The van der Waals surface area contributed by atoms with E-state index in [4.69, 9.17) is 4.74 Å². The van der Waals surface area contributed by atoms with Crippen molar-refractivity contribution in [2.75, 3.05) is 7.11 Å². The molecule has 1 N–H and O–H groups in total. The van der Waals surface area contributed by atoms with Crippen LogP contribution in [0, 0.1) is 0 Å². The molecule has 0 aliphatic heterocycles. The van der Waals surface area contributed by atoms with E-state index in [1.165, 1.54) is 17.7 Å². The third-order valence-corrected chi connectivity index (χ3v) is 3.73. The van der Waals surface area contributed by atoms with Crippen molar-refractivity contribution in [3.8, 4) is 0 Å². The van der Waals surface area contributed by atoms with E-state index in [9.17, 15) is 0 Å². The molecular weight excluding hydrogens is 208 g/mol. The topological polar surface area (TPSA) is 34.1 Å². The second-order valence-corrected chi connectivity index (χ2v) is 5.10. The van der Waals surface area contributed by atoms with Crippen molar-refractivity contribution < 1.29 is 4.74 Å². The van der Waals surface area contributed by atoms with Crippen LogP contribution in [-0.4, -0.2) is 18.1 Å². The van der Waals surface area contributed by atoms with Crippen molar-refractivity contribution >= 4 is 11.3 Å². The molecule has 1 atom stereocenters. The Hall–Kier alpha value is -0.450. The molecule has 1 heterocycles. The summed E-state index contributed by atoms with van der Waals surface area (Å²) in [6, 6.07) is 0.764. The van der Waals surface area contributed by atoms with Crippen molar-refractivity contribution in [1.82, 2.24) is 10.3 Å². The van der Waals surface area contributed by atoms with E-state index in [2.05, 4.69) is 17.2 Å². The van der Waals surface area contributed by atoms with Crippen LogP contribution in [0.4, 0.5) is 0 Å². The predicted octanol–water partition coefficient (Wildman–Crippen LogP) is 2.49. The van der Waals surface area contributed by atoms with E-state index in [0.717, 1.165) is 24.0 Å². The van der Waals surface area contributed by atoms with Gasteiger partial charge in [-0.05, 0) is 19.3 Å². The van der Waals surface area contributed by atoms with E-state index in [-0.39, 0.29) is 6.10 Å². The van der Waals surface area contributed by atoms with Gasteiger partial charge >= 0.3 is 0 Å². The Kier molecular flexibility index (Phi) is 3.72. The molecule has 0 bridgehead atoms. The van der Waals surface area contributed by atoms with Gasteiger partial charge in [0.1, 0.15) is 11.1 Å². The van der Waals surface area contributed by atoms with Crippen molar-refractivity contribution in [2.24, 2.45) is 0 Å². The fraction of sp³-hybridized carbons (Fsp3) is 0.727. The maximum Gasteiger partial charge on any atom is 0.122 e. The first-order chi connectivity index (χ1) is 7.33. The largest absolute Gasteiger partial charge is 0.374 e. The lowest BCUT2D eigenvalue weighted by molar-refractivity contribution is 0.0998. The summed E-state index contributed by atoms with van der Waals surface area (Å²) in [6.07, 6.45) is 5.80. The summed E-state index contributed by atoms with van der Waals surface area (Å²) in [7, 11) is 1.75. The van der Waals surface area contributed by atoms with Gasteiger partial charge in [-0.1, -0.05) is 6.92 Å². The van der Waals surface area contributed by atoms with Gasteiger partial charge in [0.25, 0.3) is 0 Å². The molecule has 84 valence electrons. The summed E-state index contributed by atoms with van der Waals surface area (Å²) in [5.41, 5.74) is 0. The lowest BCUT2D eigenvalue weighted by Gasteiger charge is -2.08. The summed E-state index contributed by atoms with van der Waals surface area (Å²) >= 11 is 1.76. The standard InChI is InChI=1S/C11H18N2OS/c1-3-10(14-2)11-13-7-9(15-11)6-12-8-4-5-8/h7-8,10,12H,3-6H2,1-2H3. The SMILES string of the molecule is CCC(OC)c1ncc(CNC2CC2)s1. The van der Waals surface area contributed by atoms with Crippen LogP contribution in [-0.2, 0) is 11.3 Å². The molecule has 0 spiro atoms.